The van der Waals surface area contributed by atoms with Gasteiger partial charge in [-0.1, -0.05) is 44.2 Å². The van der Waals surface area contributed by atoms with Gasteiger partial charge >= 0.3 is 5.97 Å². The second kappa shape index (κ2) is 9.88. The van der Waals surface area contributed by atoms with E-state index in [0.29, 0.717) is 30.3 Å². The number of nitrogens with zero attached hydrogens (tertiary/aromatic N) is 1. The van der Waals surface area contributed by atoms with Crippen LogP contribution in [0.3, 0.4) is 0 Å². The molecule has 6 heteroatoms. The molecule has 1 aromatic carbocycles. The first-order valence-electron chi connectivity index (χ1n) is 9.77. The number of rotatable bonds is 8. The van der Waals surface area contributed by atoms with Gasteiger partial charge in [0.1, 0.15) is 18.4 Å². The number of benzene rings is 1. The van der Waals surface area contributed by atoms with E-state index in [9.17, 15) is 14.7 Å². The number of pyridine rings is 1. The van der Waals surface area contributed by atoms with Crippen molar-refractivity contribution in [2.45, 2.75) is 51.2 Å². The Morgan fingerprint density at radius 1 is 1.18 bits per heavy atom. The van der Waals surface area contributed by atoms with Crippen molar-refractivity contribution in [1.29, 1.82) is 0 Å². The van der Waals surface area contributed by atoms with Crippen molar-refractivity contribution in [3.63, 3.8) is 0 Å². The first-order valence-corrected chi connectivity index (χ1v) is 9.77. The molecule has 1 aliphatic carbocycles. The lowest BCUT2D eigenvalue weighted by Gasteiger charge is -2.25. The maximum Gasteiger partial charge on any atom is 0.326 e. The third-order valence-corrected chi connectivity index (χ3v) is 5.12. The van der Waals surface area contributed by atoms with E-state index in [1.165, 1.54) is 6.42 Å². The lowest BCUT2D eigenvalue weighted by molar-refractivity contribution is -0.139. The Morgan fingerprint density at radius 3 is 2.71 bits per heavy atom. The van der Waals surface area contributed by atoms with E-state index in [1.807, 2.05) is 12.1 Å². The largest absolute Gasteiger partial charge is 0.489 e. The van der Waals surface area contributed by atoms with E-state index < -0.39 is 17.9 Å². The van der Waals surface area contributed by atoms with Crippen molar-refractivity contribution in [3.8, 4) is 5.75 Å². The molecule has 0 spiro atoms. The number of carboxylic acids is 1. The van der Waals surface area contributed by atoms with Gasteiger partial charge in [0.05, 0.1) is 0 Å². The molecular formula is C22H26N2O4. The maximum atomic E-state index is 12.6. The van der Waals surface area contributed by atoms with Gasteiger partial charge in [-0.3, -0.25) is 9.78 Å². The summed E-state index contributed by atoms with van der Waals surface area (Å²) < 4.78 is 5.72. The van der Waals surface area contributed by atoms with Gasteiger partial charge in [-0.25, -0.2) is 4.79 Å². The first kappa shape index (κ1) is 19.9. The number of carbonyl (C=O) groups is 2. The van der Waals surface area contributed by atoms with Crippen LogP contribution in [0.5, 0.6) is 5.75 Å². The number of ether oxygens (including phenoxy) is 1. The molecule has 0 saturated heterocycles. The average Bonchev–Trinajstić information content (AvgIpc) is 2.73. The molecule has 1 aromatic heterocycles. The molecule has 0 aliphatic heterocycles. The smallest absolute Gasteiger partial charge is 0.326 e. The molecule has 0 unspecified atom stereocenters. The van der Waals surface area contributed by atoms with E-state index >= 15 is 0 Å². The van der Waals surface area contributed by atoms with E-state index in [2.05, 4.69) is 10.3 Å². The first-order chi connectivity index (χ1) is 13.6. The highest BCUT2D eigenvalue weighted by Gasteiger charge is 2.26. The van der Waals surface area contributed by atoms with Crippen LogP contribution in [-0.2, 0) is 11.4 Å². The van der Waals surface area contributed by atoms with E-state index in [4.69, 9.17) is 4.74 Å². The predicted molar refractivity (Wildman–Crippen MR) is 105 cm³/mol. The molecule has 1 atom stereocenters. The van der Waals surface area contributed by atoms with Crippen LogP contribution in [0.25, 0.3) is 0 Å². The Kier molecular flexibility index (Phi) is 7.00. The zero-order valence-corrected chi connectivity index (χ0v) is 15.8. The summed E-state index contributed by atoms with van der Waals surface area (Å²) in [7, 11) is 0. The molecule has 1 heterocycles. The van der Waals surface area contributed by atoms with Gasteiger partial charge in [0.15, 0.2) is 0 Å². The summed E-state index contributed by atoms with van der Waals surface area (Å²) in [6.45, 7) is 0.346. The predicted octanol–water partition coefficient (Wildman–Crippen LogP) is 3.81. The van der Waals surface area contributed by atoms with E-state index in [1.54, 1.807) is 36.7 Å². The lowest BCUT2D eigenvalue weighted by atomic mass is 9.85. The molecule has 0 bridgehead atoms. The average molecular weight is 382 g/mol. The number of aromatic nitrogens is 1. The Hall–Kier alpha value is -2.89. The molecular weight excluding hydrogens is 356 g/mol. The molecule has 1 amide bonds. The van der Waals surface area contributed by atoms with Gasteiger partial charge in [0.25, 0.3) is 5.91 Å². The van der Waals surface area contributed by atoms with Crippen molar-refractivity contribution in [1.82, 2.24) is 10.3 Å². The van der Waals surface area contributed by atoms with Crippen molar-refractivity contribution < 1.29 is 19.4 Å². The Balaban J connectivity index is 1.59. The van der Waals surface area contributed by atoms with Crippen molar-refractivity contribution in [2.75, 3.05) is 0 Å². The number of hydrogen-bond acceptors (Lipinski definition) is 4. The van der Waals surface area contributed by atoms with Gasteiger partial charge in [-0.05, 0) is 36.6 Å². The highest BCUT2D eigenvalue weighted by atomic mass is 16.5. The quantitative estimate of drug-likeness (QED) is 0.725. The molecule has 1 saturated carbocycles. The normalized spacial score (nSPS) is 15.6. The van der Waals surface area contributed by atoms with Crippen LogP contribution in [0.15, 0.2) is 48.8 Å². The second-order valence-electron chi connectivity index (χ2n) is 7.28. The standard InChI is InChI=1S/C22H26N2O4/c25-21(24-20(22(26)27)12-16-6-2-1-3-7-16)18-9-4-10-19(13-18)28-15-17-8-5-11-23-14-17/h4-5,8-11,13-14,16,20H,1-3,6-7,12,15H2,(H,24,25)(H,26,27)/t20-/m0/s1. The minimum Gasteiger partial charge on any atom is -0.489 e. The lowest BCUT2D eigenvalue weighted by Crippen LogP contribution is -2.42. The molecule has 28 heavy (non-hydrogen) atoms. The van der Waals surface area contributed by atoms with Crippen LogP contribution in [-0.4, -0.2) is 28.0 Å². The van der Waals surface area contributed by atoms with Gasteiger partial charge in [-0.15, -0.1) is 0 Å². The summed E-state index contributed by atoms with van der Waals surface area (Å²) in [6.07, 6.45) is 9.47. The SMILES string of the molecule is O=C(N[C@@H](CC1CCCCC1)C(=O)O)c1cccc(OCc2cccnc2)c1. The third kappa shape index (κ3) is 5.81. The van der Waals surface area contributed by atoms with Crippen LogP contribution in [0.2, 0.25) is 0 Å². The molecule has 1 aliphatic rings. The van der Waals surface area contributed by atoms with Crippen molar-refractivity contribution >= 4 is 11.9 Å². The number of aliphatic carboxylic acids is 1. The van der Waals surface area contributed by atoms with Gasteiger partial charge in [0.2, 0.25) is 0 Å². The highest BCUT2D eigenvalue weighted by Crippen LogP contribution is 2.27. The van der Waals surface area contributed by atoms with Crippen LogP contribution in [0.1, 0.15) is 54.4 Å². The summed E-state index contributed by atoms with van der Waals surface area (Å²) in [6, 6.07) is 9.66. The topological polar surface area (TPSA) is 88.5 Å². The van der Waals surface area contributed by atoms with Crippen LogP contribution in [0.4, 0.5) is 0 Å². The summed E-state index contributed by atoms with van der Waals surface area (Å²) >= 11 is 0. The highest BCUT2D eigenvalue weighted by molar-refractivity contribution is 5.96. The molecule has 0 radical (unpaired) electrons. The molecule has 3 rings (SSSR count). The Bertz CT molecular complexity index is 788. The number of carboxylic acid groups (broad SMARTS) is 1. The summed E-state index contributed by atoms with van der Waals surface area (Å²) in [5, 5.41) is 12.2. The fourth-order valence-electron chi connectivity index (χ4n) is 3.60. The van der Waals surface area contributed by atoms with E-state index in [0.717, 1.165) is 31.2 Å². The van der Waals surface area contributed by atoms with Crippen LogP contribution < -0.4 is 10.1 Å². The van der Waals surface area contributed by atoms with Gasteiger partial charge in [-0.2, -0.15) is 0 Å². The Labute approximate surface area is 164 Å². The molecule has 1 fully saturated rings. The van der Waals surface area contributed by atoms with Crippen LogP contribution >= 0.6 is 0 Å². The maximum absolute atomic E-state index is 12.6. The summed E-state index contributed by atoms with van der Waals surface area (Å²) in [4.78, 5) is 28.2. The third-order valence-electron chi connectivity index (χ3n) is 5.12. The number of hydrogen-bond donors (Lipinski definition) is 2. The minimum atomic E-state index is -0.983. The molecule has 148 valence electrons. The molecule has 6 nitrogen and oxygen atoms in total. The zero-order chi connectivity index (χ0) is 19.8. The monoisotopic (exact) mass is 382 g/mol. The van der Waals surface area contributed by atoms with Gasteiger partial charge in [0, 0.05) is 23.5 Å². The number of nitrogens with one attached hydrogen (secondary N) is 1. The Morgan fingerprint density at radius 2 is 2.00 bits per heavy atom. The fraction of sp³-hybridized carbons (Fsp3) is 0.409. The van der Waals surface area contributed by atoms with Crippen molar-refractivity contribution in [3.05, 3.63) is 59.9 Å². The number of amides is 1. The molecule has 2 aromatic rings. The van der Waals surface area contributed by atoms with Crippen LogP contribution in [0, 0.1) is 5.92 Å². The van der Waals surface area contributed by atoms with Crippen molar-refractivity contribution in [2.24, 2.45) is 5.92 Å². The zero-order valence-electron chi connectivity index (χ0n) is 15.8. The van der Waals surface area contributed by atoms with E-state index in [-0.39, 0.29) is 0 Å². The summed E-state index contributed by atoms with van der Waals surface area (Å²) in [5.41, 5.74) is 1.31. The van der Waals surface area contributed by atoms with Gasteiger partial charge < -0.3 is 15.2 Å². The second-order valence-corrected chi connectivity index (χ2v) is 7.28. The molecule has 2 N–H and O–H groups in total. The number of carbonyl (C=O) groups excluding carboxylic acids is 1. The fourth-order valence-corrected chi connectivity index (χ4v) is 3.60. The minimum absolute atomic E-state index is 0.346. The summed E-state index contributed by atoms with van der Waals surface area (Å²) in [5.74, 6) is -0.460.